The molecule has 3 heterocycles. The van der Waals surface area contributed by atoms with Gasteiger partial charge in [0.1, 0.15) is 22.2 Å². The molecule has 3 aromatic heterocycles. The fourth-order valence-corrected chi connectivity index (χ4v) is 5.68. The molecule has 0 aliphatic heterocycles. The van der Waals surface area contributed by atoms with Crippen LogP contribution in [0.3, 0.4) is 0 Å². The SMILES string of the molecule is CP(C)c1cccc(-c2ccc(-c3c4oc5ccccc5c4nc4c3oc3ccccc34)cc2)c1. The van der Waals surface area contributed by atoms with Gasteiger partial charge < -0.3 is 8.83 Å². The third-order valence-corrected chi connectivity index (χ3v) is 8.00. The Balaban J connectivity index is 1.49. The fraction of sp³-hybridized carbons (Fsp3) is 0.0645. The highest BCUT2D eigenvalue weighted by atomic mass is 31.1. The van der Waals surface area contributed by atoms with E-state index in [2.05, 4.69) is 74.0 Å². The van der Waals surface area contributed by atoms with Crippen molar-refractivity contribution in [1.29, 1.82) is 0 Å². The number of aromatic nitrogens is 1. The minimum atomic E-state index is -0.137. The molecule has 0 radical (unpaired) electrons. The Labute approximate surface area is 203 Å². The largest absolute Gasteiger partial charge is 0.454 e. The molecule has 0 atom stereocenters. The normalized spacial score (nSPS) is 12.0. The first-order chi connectivity index (χ1) is 17.2. The minimum Gasteiger partial charge on any atom is -0.454 e. The highest BCUT2D eigenvalue weighted by Crippen LogP contribution is 2.42. The van der Waals surface area contributed by atoms with E-state index in [1.54, 1.807) is 0 Å². The molecule has 0 fully saturated rings. The quantitative estimate of drug-likeness (QED) is 0.242. The highest BCUT2D eigenvalue weighted by molar-refractivity contribution is 7.64. The van der Waals surface area contributed by atoms with Crippen molar-refractivity contribution in [3.05, 3.63) is 97.1 Å². The van der Waals surface area contributed by atoms with Crippen molar-refractivity contribution >= 4 is 57.4 Å². The van der Waals surface area contributed by atoms with E-state index in [9.17, 15) is 0 Å². The van der Waals surface area contributed by atoms with E-state index in [0.29, 0.717) is 0 Å². The third kappa shape index (κ3) is 3.20. The maximum absolute atomic E-state index is 6.38. The van der Waals surface area contributed by atoms with Crippen LogP contribution in [0.5, 0.6) is 0 Å². The van der Waals surface area contributed by atoms with E-state index in [1.807, 2.05) is 36.4 Å². The zero-order valence-corrected chi connectivity index (χ0v) is 20.3. The molecule has 7 rings (SSSR count). The van der Waals surface area contributed by atoms with Gasteiger partial charge in [0.05, 0.1) is 5.56 Å². The Morgan fingerprint density at radius 2 is 1.14 bits per heavy atom. The zero-order chi connectivity index (χ0) is 23.5. The zero-order valence-electron chi connectivity index (χ0n) is 19.4. The second-order valence-corrected chi connectivity index (χ2v) is 11.4. The Hall–Kier alpha value is -3.94. The number of rotatable bonds is 3. The number of benzene rings is 4. The molecule has 4 aromatic carbocycles. The Morgan fingerprint density at radius 3 is 1.74 bits per heavy atom. The van der Waals surface area contributed by atoms with Gasteiger partial charge >= 0.3 is 0 Å². The lowest BCUT2D eigenvalue weighted by atomic mass is 9.99. The van der Waals surface area contributed by atoms with E-state index in [0.717, 1.165) is 55.3 Å². The predicted octanol–water partition coefficient (Wildman–Crippen LogP) is 8.58. The van der Waals surface area contributed by atoms with Crippen molar-refractivity contribution in [2.24, 2.45) is 0 Å². The van der Waals surface area contributed by atoms with Gasteiger partial charge in [0.2, 0.25) is 0 Å². The maximum atomic E-state index is 6.38. The molecule has 0 unspecified atom stereocenters. The molecule has 168 valence electrons. The third-order valence-electron chi connectivity index (χ3n) is 6.69. The summed E-state index contributed by atoms with van der Waals surface area (Å²) < 4.78 is 12.8. The molecule has 0 bridgehead atoms. The van der Waals surface area contributed by atoms with Gasteiger partial charge in [-0.15, -0.1) is 0 Å². The molecular weight excluding hydrogens is 449 g/mol. The summed E-state index contributed by atoms with van der Waals surface area (Å²) in [6.07, 6.45) is 0. The molecule has 0 spiro atoms. The average molecular weight is 471 g/mol. The smallest absolute Gasteiger partial charge is 0.165 e. The van der Waals surface area contributed by atoms with Crippen molar-refractivity contribution in [1.82, 2.24) is 4.98 Å². The average Bonchev–Trinajstić information content (AvgIpc) is 3.45. The molecule has 0 saturated heterocycles. The summed E-state index contributed by atoms with van der Waals surface area (Å²) in [6.45, 7) is 4.58. The van der Waals surface area contributed by atoms with Gasteiger partial charge in [-0.3, -0.25) is 0 Å². The van der Waals surface area contributed by atoms with Gasteiger partial charge in [-0.25, -0.2) is 4.98 Å². The van der Waals surface area contributed by atoms with Crippen molar-refractivity contribution in [2.45, 2.75) is 0 Å². The van der Waals surface area contributed by atoms with Crippen molar-refractivity contribution in [3.63, 3.8) is 0 Å². The van der Waals surface area contributed by atoms with Gasteiger partial charge in [0, 0.05) is 10.8 Å². The Kier molecular flexibility index (Phi) is 4.55. The first-order valence-electron chi connectivity index (χ1n) is 11.7. The standard InChI is InChI=1S/C31H22NO2P/c1-35(2)22-9-7-8-21(18-22)19-14-16-20(17-15-19)27-30-28(23-10-3-5-12-25(23)33-30)32-29-24-11-4-6-13-26(24)34-31(27)29/h3-18H,1-2H3. The second-order valence-electron chi connectivity index (χ2n) is 9.06. The predicted molar refractivity (Wildman–Crippen MR) is 148 cm³/mol. The summed E-state index contributed by atoms with van der Waals surface area (Å²) in [5.74, 6) is 0. The van der Waals surface area contributed by atoms with Crippen LogP contribution in [0.15, 0.2) is 106 Å². The van der Waals surface area contributed by atoms with Crippen LogP contribution >= 0.6 is 7.92 Å². The topological polar surface area (TPSA) is 39.2 Å². The maximum Gasteiger partial charge on any atom is 0.165 e. The van der Waals surface area contributed by atoms with Crippen molar-refractivity contribution in [3.8, 4) is 22.3 Å². The number of hydrogen-bond acceptors (Lipinski definition) is 3. The summed E-state index contributed by atoms with van der Waals surface area (Å²) in [6, 6.07) is 33.7. The summed E-state index contributed by atoms with van der Waals surface area (Å²) in [5.41, 5.74) is 9.35. The van der Waals surface area contributed by atoms with Crippen LogP contribution in [0.1, 0.15) is 0 Å². The first-order valence-corrected chi connectivity index (χ1v) is 13.9. The Bertz CT molecular complexity index is 1790. The van der Waals surface area contributed by atoms with E-state index in [-0.39, 0.29) is 7.92 Å². The van der Waals surface area contributed by atoms with Gasteiger partial charge in [-0.05, 0) is 65.7 Å². The van der Waals surface area contributed by atoms with Gasteiger partial charge in [0.25, 0.3) is 0 Å². The van der Waals surface area contributed by atoms with Crippen molar-refractivity contribution in [2.75, 3.05) is 13.3 Å². The van der Waals surface area contributed by atoms with Crippen LogP contribution < -0.4 is 5.30 Å². The van der Waals surface area contributed by atoms with Gasteiger partial charge in [-0.1, -0.05) is 74.7 Å². The van der Waals surface area contributed by atoms with Crippen LogP contribution in [0.2, 0.25) is 0 Å². The number of furan rings is 2. The van der Waals surface area contributed by atoms with E-state index in [4.69, 9.17) is 13.8 Å². The molecule has 7 aromatic rings. The lowest BCUT2D eigenvalue weighted by molar-refractivity contribution is 0.657. The molecule has 0 N–H and O–H groups in total. The van der Waals surface area contributed by atoms with Crippen LogP contribution in [0, 0.1) is 0 Å². The summed E-state index contributed by atoms with van der Waals surface area (Å²) in [7, 11) is -0.137. The number of hydrogen-bond donors (Lipinski definition) is 0. The molecular formula is C31H22NO2P. The van der Waals surface area contributed by atoms with Gasteiger partial charge in [-0.2, -0.15) is 0 Å². The van der Waals surface area contributed by atoms with Crippen LogP contribution in [0.25, 0.3) is 66.4 Å². The van der Waals surface area contributed by atoms with Gasteiger partial charge in [0.15, 0.2) is 11.2 Å². The molecule has 4 heteroatoms. The van der Waals surface area contributed by atoms with Crippen LogP contribution in [-0.4, -0.2) is 18.3 Å². The fourth-order valence-electron chi connectivity index (χ4n) is 4.89. The molecule has 3 nitrogen and oxygen atoms in total. The second kappa shape index (κ2) is 7.80. The molecule has 35 heavy (non-hydrogen) atoms. The molecule has 0 amide bonds. The highest BCUT2D eigenvalue weighted by Gasteiger charge is 2.22. The van der Waals surface area contributed by atoms with E-state index >= 15 is 0 Å². The summed E-state index contributed by atoms with van der Waals surface area (Å²) in [5, 5.41) is 3.43. The minimum absolute atomic E-state index is 0.137. The van der Waals surface area contributed by atoms with Crippen LogP contribution in [-0.2, 0) is 0 Å². The summed E-state index contributed by atoms with van der Waals surface area (Å²) in [4.78, 5) is 5.05. The monoisotopic (exact) mass is 471 g/mol. The van der Waals surface area contributed by atoms with E-state index in [1.165, 1.54) is 16.4 Å². The lowest BCUT2D eigenvalue weighted by Gasteiger charge is -2.10. The number of nitrogens with zero attached hydrogens (tertiary/aromatic N) is 1. The number of fused-ring (bicyclic) bond motifs is 6. The number of pyridine rings is 1. The van der Waals surface area contributed by atoms with E-state index < -0.39 is 0 Å². The van der Waals surface area contributed by atoms with Crippen LogP contribution in [0.4, 0.5) is 0 Å². The number of para-hydroxylation sites is 2. The molecule has 0 saturated carbocycles. The summed E-state index contributed by atoms with van der Waals surface area (Å²) >= 11 is 0. The molecule has 0 aliphatic carbocycles. The lowest BCUT2D eigenvalue weighted by Crippen LogP contribution is -1.98. The molecule has 0 aliphatic rings. The Morgan fingerprint density at radius 1 is 0.571 bits per heavy atom. The van der Waals surface area contributed by atoms with Crippen molar-refractivity contribution < 1.29 is 8.83 Å². The first kappa shape index (κ1) is 20.4.